The van der Waals surface area contributed by atoms with Crippen LogP contribution in [0, 0.1) is 0 Å². The monoisotopic (exact) mass is 272 g/mol. The second-order valence-electron chi connectivity index (χ2n) is 4.44. The van der Waals surface area contributed by atoms with Crippen LogP contribution < -0.4 is 10.5 Å². The highest BCUT2D eigenvalue weighted by atomic mass is 79.9. The van der Waals surface area contributed by atoms with Crippen molar-refractivity contribution < 1.29 is 4.74 Å². The summed E-state index contributed by atoms with van der Waals surface area (Å²) in [4.78, 5) is 4.48. The van der Waals surface area contributed by atoms with Crippen LogP contribution in [0.2, 0.25) is 0 Å². The predicted octanol–water partition coefficient (Wildman–Crippen LogP) is 2.61. The van der Waals surface area contributed by atoms with Gasteiger partial charge in [-0.15, -0.1) is 0 Å². The zero-order valence-electron chi connectivity index (χ0n) is 9.60. The van der Waals surface area contributed by atoms with E-state index in [-0.39, 0.29) is 5.41 Å². The molecule has 0 atom stereocenters. The van der Waals surface area contributed by atoms with Crippen LogP contribution >= 0.6 is 15.9 Å². The van der Waals surface area contributed by atoms with E-state index in [0.717, 1.165) is 15.7 Å². The maximum Gasteiger partial charge on any atom is 0.217 e. The molecule has 0 saturated heterocycles. The van der Waals surface area contributed by atoms with E-state index >= 15 is 0 Å². The van der Waals surface area contributed by atoms with Gasteiger partial charge in [-0.3, -0.25) is 0 Å². The highest BCUT2D eigenvalue weighted by Gasteiger charge is 2.21. The molecule has 1 aromatic heterocycles. The molecule has 3 nitrogen and oxygen atoms in total. The number of pyridine rings is 1. The highest BCUT2D eigenvalue weighted by Crippen LogP contribution is 2.31. The number of methoxy groups -OCH3 is 1. The topological polar surface area (TPSA) is 48.1 Å². The Labute approximate surface area is 99.2 Å². The lowest BCUT2D eigenvalue weighted by Gasteiger charge is -2.21. The molecule has 0 fully saturated rings. The second-order valence-corrected chi connectivity index (χ2v) is 5.30. The number of ether oxygens (including phenoxy) is 1. The summed E-state index contributed by atoms with van der Waals surface area (Å²) in [5.74, 6) is 0.616. The van der Waals surface area contributed by atoms with Gasteiger partial charge in [-0.25, -0.2) is 4.98 Å². The van der Waals surface area contributed by atoms with Gasteiger partial charge in [-0.05, 0) is 22.0 Å². The van der Waals surface area contributed by atoms with Crippen LogP contribution in [0.4, 0.5) is 0 Å². The number of nitrogens with zero attached hydrogens (tertiary/aromatic N) is 1. The summed E-state index contributed by atoms with van der Waals surface area (Å²) in [6.07, 6.45) is 0. The van der Waals surface area contributed by atoms with E-state index in [4.69, 9.17) is 10.5 Å². The average molecular weight is 273 g/mol. The standard InChI is InChI=1S/C11H17BrN2O/c1-11(2,3)9-8(12)5-7(6-13)10(14-9)15-4/h5H,6,13H2,1-4H3. The minimum Gasteiger partial charge on any atom is -0.481 e. The summed E-state index contributed by atoms with van der Waals surface area (Å²) >= 11 is 3.51. The van der Waals surface area contributed by atoms with E-state index in [1.54, 1.807) is 7.11 Å². The van der Waals surface area contributed by atoms with E-state index in [1.807, 2.05) is 6.07 Å². The molecule has 2 N–H and O–H groups in total. The maximum atomic E-state index is 5.61. The Balaban J connectivity index is 3.32. The van der Waals surface area contributed by atoms with Gasteiger partial charge in [-0.1, -0.05) is 20.8 Å². The van der Waals surface area contributed by atoms with Gasteiger partial charge in [0.15, 0.2) is 0 Å². The van der Waals surface area contributed by atoms with Gasteiger partial charge in [0.25, 0.3) is 0 Å². The Morgan fingerprint density at radius 2 is 2.07 bits per heavy atom. The van der Waals surface area contributed by atoms with Gasteiger partial charge in [0.2, 0.25) is 5.88 Å². The third-order valence-electron chi connectivity index (χ3n) is 2.14. The van der Waals surface area contributed by atoms with E-state index in [1.165, 1.54) is 0 Å². The van der Waals surface area contributed by atoms with Gasteiger partial charge in [0, 0.05) is 22.0 Å². The lowest BCUT2D eigenvalue weighted by Crippen LogP contribution is -2.16. The fraction of sp³-hybridized carbons (Fsp3) is 0.545. The fourth-order valence-electron chi connectivity index (χ4n) is 1.36. The Kier molecular flexibility index (Phi) is 3.73. The van der Waals surface area contributed by atoms with E-state index in [9.17, 15) is 0 Å². The predicted molar refractivity (Wildman–Crippen MR) is 65.1 cm³/mol. The van der Waals surface area contributed by atoms with E-state index < -0.39 is 0 Å². The van der Waals surface area contributed by atoms with Crippen LogP contribution in [0.5, 0.6) is 5.88 Å². The smallest absolute Gasteiger partial charge is 0.217 e. The molecule has 0 amide bonds. The Bertz CT molecular complexity index is 358. The van der Waals surface area contributed by atoms with Crippen molar-refractivity contribution in [2.24, 2.45) is 5.73 Å². The molecular weight excluding hydrogens is 256 g/mol. The second kappa shape index (κ2) is 4.49. The summed E-state index contributed by atoms with van der Waals surface area (Å²) in [5.41, 5.74) is 7.50. The van der Waals surface area contributed by atoms with Gasteiger partial charge in [0.05, 0.1) is 12.8 Å². The third-order valence-corrected chi connectivity index (χ3v) is 2.74. The van der Waals surface area contributed by atoms with Crippen molar-refractivity contribution in [3.63, 3.8) is 0 Å². The molecule has 0 aromatic carbocycles. The quantitative estimate of drug-likeness (QED) is 0.901. The van der Waals surface area contributed by atoms with E-state index in [0.29, 0.717) is 12.4 Å². The molecule has 4 heteroatoms. The Morgan fingerprint density at radius 1 is 1.47 bits per heavy atom. The van der Waals surface area contributed by atoms with Crippen LogP contribution in [0.25, 0.3) is 0 Å². The summed E-state index contributed by atoms with van der Waals surface area (Å²) in [6.45, 7) is 6.77. The van der Waals surface area contributed by atoms with Crippen molar-refractivity contribution in [2.45, 2.75) is 32.7 Å². The molecule has 0 bridgehead atoms. The highest BCUT2D eigenvalue weighted by molar-refractivity contribution is 9.10. The first-order valence-corrected chi connectivity index (χ1v) is 5.63. The normalized spacial score (nSPS) is 11.6. The average Bonchev–Trinajstić information content (AvgIpc) is 2.15. The minimum absolute atomic E-state index is 0.0146. The molecule has 0 unspecified atom stereocenters. The van der Waals surface area contributed by atoms with Crippen molar-refractivity contribution in [3.8, 4) is 5.88 Å². The minimum atomic E-state index is -0.0146. The first-order chi connectivity index (χ1) is 6.90. The molecule has 0 aliphatic carbocycles. The van der Waals surface area contributed by atoms with Crippen molar-refractivity contribution in [1.29, 1.82) is 0 Å². The summed E-state index contributed by atoms with van der Waals surface area (Å²) in [5, 5.41) is 0. The molecule has 0 spiro atoms. The summed E-state index contributed by atoms with van der Waals surface area (Å²) in [7, 11) is 1.61. The fourth-order valence-corrected chi connectivity index (χ4v) is 2.32. The van der Waals surface area contributed by atoms with Gasteiger partial charge < -0.3 is 10.5 Å². The van der Waals surface area contributed by atoms with Crippen LogP contribution in [0.1, 0.15) is 32.0 Å². The SMILES string of the molecule is COc1nc(C(C)(C)C)c(Br)cc1CN. The zero-order chi connectivity index (χ0) is 11.6. The molecule has 1 heterocycles. The van der Waals surface area contributed by atoms with Crippen molar-refractivity contribution in [2.75, 3.05) is 7.11 Å². The van der Waals surface area contributed by atoms with E-state index in [2.05, 4.69) is 41.7 Å². The molecular formula is C11H17BrN2O. The number of rotatable bonds is 2. The van der Waals surface area contributed by atoms with Crippen molar-refractivity contribution in [3.05, 3.63) is 21.8 Å². The van der Waals surface area contributed by atoms with Crippen molar-refractivity contribution >= 4 is 15.9 Å². The lowest BCUT2D eigenvalue weighted by molar-refractivity contribution is 0.386. The molecule has 1 rings (SSSR count). The maximum absolute atomic E-state index is 5.61. The molecule has 0 aliphatic heterocycles. The number of hydrogen-bond acceptors (Lipinski definition) is 3. The van der Waals surface area contributed by atoms with Gasteiger partial charge >= 0.3 is 0 Å². The zero-order valence-corrected chi connectivity index (χ0v) is 11.2. The summed E-state index contributed by atoms with van der Waals surface area (Å²) < 4.78 is 6.20. The Morgan fingerprint density at radius 3 is 2.47 bits per heavy atom. The number of halogens is 1. The molecule has 0 radical (unpaired) electrons. The molecule has 1 aromatic rings. The number of nitrogens with two attached hydrogens (primary N) is 1. The Hall–Kier alpha value is -0.610. The van der Waals surface area contributed by atoms with Gasteiger partial charge in [0.1, 0.15) is 0 Å². The van der Waals surface area contributed by atoms with Crippen LogP contribution in [-0.2, 0) is 12.0 Å². The molecule has 84 valence electrons. The third kappa shape index (κ3) is 2.69. The molecule has 15 heavy (non-hydrogen) atoms. The van der Waals surface area contributed by atoms with Crippen molar-refractivity contribution in [1.82, 2.24) is 4.98 Å². The van der Waals surface area contributed by atoms with Crippen LogP contribution in [0.3, 0.4) is 0 Å². The largest absolute Gasteiger partial charge is 0.481 e. The molecule has 0 saturated carbocycles. The van der Waals surface area contributed by atoms with Gasteiger partial charge in [-0.2, -0.15) is 0 Å². The first kappa shape index (κ1) is 12.5. The molecule has 0 aliphatic rings. The summed E-state index contributed by atoms with van der Waals surface area (Å²) in [6, 6.07) is 1.98. The first-order valence-electron chi connectivity index (χ1n) is 4.84. The number of aromatic nitrogens is 1. The number of hydrogen-bond donors (Lipinski definition) is 1. The lowest BCUT2D eigenvalue weighted by atomic mass is 9.91. The van der Waals surface area contributed by atoms with Crippen LogP contribution in [0.15, 0.2) is 10.5 Å². The van der Waals surface area contributed by atoms with Crippen LogP contribution in [-0.4, -0.2) is 12.1 Å².